The summed E-state index contributed by atoms with van der Waals surface area (Å²) in [6, 6.07) is 7.52. The summed E-state index contributed by atoms with van der Waals surface area (Å²) in [5.74, 6) is -1.05. The van der Waals surface area contributed by atoms with Gasteiger partial charge in [-0.3, -0.25) is 9.59 Å². The van der Waals surface area contributed by atoms with Crippen LogP contribution in [0.15, 0.2) is 28.7 Å². The van der Waals surface area contributed by atoms with Crippen molar-refractivity contribution in [3.63, 3.8) is 0 Å². The molecule has 0 fully saturated rings. The van der Waals surface area contributed by atoms with Crippen molar-refractivity contribution in [2.24, 2.45) is 5.41 Å². The van der Waals surface area contributed by atoms with Gasteiger partial charge in [0, 0.05) is 10.9 Å². The molecule has 0 N–H and O–H groups in total. The Bertz CT molecular complexity index is 481. The molecule has 0 aliphatic rings. The van der Waals surface area contributed by atoms with Gasteiger partial charge in [-0.15, -0.1) is 0 Å². The van der Waals surface area contributed by atoms with Gasteiger partial charge in [-0.2, -0.15) is 0 Å². The van der Waals surface area contributed by atoms with Gasteiger partial charge in [0.2, 0.25) is 0 Å². The Morgan fingerprint density at radius 3 is 2.00 bits per heavy atom. The van der Waals surface area contributed by atoms with E-state index >= 15 is 0 Å². The van der Waals surface area contributed by atoms with Crippen molar-refractivity contribution in [2.75, 3.05) is 13.2 Å². The van der Waals surface area contributed by atoms with Crippen molar-refractivity contribution in [1.82, 2.24) is 0 Å². The highest BCUT2D eigenvalue weighted by atomic mass is 79.9. The Morgan fingerprint density at radius 1 is 1.05 bits per heavy atom. The molecule has 1 aromatic rings. The van der Waals surface area contributed by atoms with Crippen molar-refractivity contribution in [1.29, 1.82) is 0 Å². The van der Waals surface area contributed by atoms with E-state index in [4.69, 9.17) is 9.47 Å². The van der Waals surface area contributed by atoms with Crippen molar-refractivity contribution in [3.8, 4) is 0 Å². The molecule has 21 heavy (non-hydrogen) atoms. The van der Waals surface area contributed by atoms with E-state index in [1.54, 1.807) is 20.8 Å². The van der Waals surface area contributed by atoms with Gasteiger partial charge in [0.05, 0.1) is 13.2 Å². The molecule has 0 aliphatic heterocycles. The Labute approximate surface area is 133 Å². The van der Waals surface area contributed by atoms with Crippen LogP contribution < -0.4 is 0 Å². The highest BCUT2D eigenvalue weighted by Gasteiger charge is 2.47. The second-order valence-corrected chi connectivity index (χ2v) is 5.50. The van der Waals surface area contributed by atoms with Crippen LogP contribution in [-0.2, 0) is 25.5 Å². The normalized spacial score (nSPS) is 11.0. The monoisotopic (exact) mass is 356 g/mol. The van der Waals surface area contributed by atoms with Gasteiger partial charge in [0.1, 0.15) is 0 Å². The topological polar surface area (TPSA) is 52.6 Å². The van der Waals surface area contributed by atoms with E-state index < -0.39 is 17.4 Å². The summed E-state index contributed by atoms with van der Waals surface area (Å²) in [4.78, 5) is 24.8. The molecule has 0 saturated heterocycles. The molecule has 0 aromatic heterocycles. The lowest BCUT2D eigenvalue weighted by Crippen LogP contribution is -2.43. The lowest BCUT2D eigenvalue weighted by Gasteiger charge is -2.28. The maximum Gasteiger partial charge on any atom is 0.323 e. The van der Waals surface area contributed by atoms with Crippen LogP contribution in [0.1, 0.15) is 32.8 Å². The standard InChI is InChI=1S/C16H21BrO4/c1-4-16(14(18)20-5-2,15(19)21-6-3)11-12-9-7-8-10-13(12)17/h7-10H,4-6,11H2,1-3H3. The van der Waals surface area contributed by atoms with Crippen molar-refractivity contribution in [3.05, 3.63) is 34.3 Å². The number of halogens is 1. The van der Waals surface area contributed by atoms with Crippen LogP contribution in [0.5, 0.6) is 0 Å². The number of carbonyl (C=O) groups excluding carboxylic acids is 2. The van der Waals surface area contributed by atoms with Crippen molar-refractivity contribution in [2.45, 2.75) is 33.6 Å². The minimum atomic E-state index is -1.30. The number of hydrogen-bond donors (Lipinski definition) is 0. The van der Waals surface area contributed by atoms with Crippen LogP contribution in [0.25, 0.3) is 0 Å². The molecule has 0 atom stereocenters. The number of hydrogen-bond acceptors (Lipinski definition) is 4. The van der Waals surface area contributed by atoms with E-state index in [9.17, 15) is 9.59 Å². The molecule has 0 aliphatic carbocycles. The second kappa shape index (κ2) is 8.17. The summed E-state index contributed by atoms with van der Waals surface area (Å²) in [6.45, 7) is 5.71. The summed E-state index contributed by atoms with van der Waals surface area (Å²) >= 11 is 3.45. The van der Waals surface area contributed by atoms with Crippen LogP contribution in [0, 0.1) is 5.41 Å². The Morgan fingerprint density at radius 2 is 1.57 bits per heavy atom. The molecule has 1 rings (SSSR count). The third-order valence-electron chi connectivity index (χ3n) is 3.39. The van der Waals surface area contributed by atoms with Gasteiger partial charge in [-0.25, -0.2) is 0 Å². The second-order valence-electron chi connectivity index (χ2n) is 4.64. The number of rotatable bonds is 7. The molecule has 0 amide bonds. The minimum Gasteiger partial charge on any atom is -0.465 e. The first kappa shape index (κ1) is 17.7. The first-order valence-electron chi connectivity index (χ1n) is 7.09. The average molecular weight is 357 g/mol. The Kier molecular flexibility index (Phi) is 6.89. The van der Waals surface area contributed by atoms with Gasteiger partial charge in [0.15, 0.2) is 5.41 Å². The molecule has 0 spiro atoms. The van der Waals surface area contributed by atoms with Gasteiger partial charge in [-0.05, 0) is 31.9 Å². The molecular formula is C16H21BrO4. The Balaban J connectivity index is 3.20. The predicted octanol–water partition coefficient (Wildman–Crippen LogP) is 3.51. The van der Waals surface area contributed by atoms with E-state index in [0.29, 0.717) is 6.42 Å². The zero-order valence-corrected chi connectivity index (χ0v) is 14.2. The van der Waals surface area contributed by atoms with Crippen molar-refractivity contribution < 1.29 is 19.1 Å². The van der Waals surface area contributed by atoms with Gasteiger partial charge in [-0.1, -0.05) is 41.1 Å². The molecule has 0 saturated carbocycles. The lowest BCUT2D eigenvalue weighted by atomic mass is 9.79. The van der Waals surface area contributed by atoms with Crippen molar-refractivity contribution >= 4 is 27.9 Å². The van der Waals surface area contributed by atoms with E-state index in [1.165, 1.54) is 0 Å². The lowest BCUT2D eigenvalue weighted by molar-refractivity contribution is -0.172. The average Bonchev–Trinajstić information content (AvgIpc) is 2.47. The molecular weight excluding hydrogens is 336 g/mol. The Hall–Kier alpha value is -1.36. The highest BCUT2D eigenvalue weighted by Crippen LogP contribution is 2.33. The fraction of sp³-hybridized carbons (Fsp3) is 0.500. The SMILES string of the molecule is CCOC(=O)C(CC)(Cc1ccccc1Br)C(=O)OCC. The van der Waals surface area contributed by atoms with E-state index in [-0.39, 0.29) is 19.6 Å². The first-order valence-corrected chi connectivity index (χ1v) is 7.89. The predicted molar refractivity (Wildman–Crippen MR) is 83.8 cm³/mol. The summed E-state index contributed by atoms with van der Waals surface area (Å²) < 4.78 is 11.1. The van der Waals surface area contributed by atoms with E-state index in [0.717, 1.165) is 10.0 Å². The largest absolute Gasteiger partial charge is 0.465 e. The minimum absolute atomic E-state index is 0.232. The first-order chi connectivity index (χ1) is 10.0. The maximum atomic E-state index is 12.4. The quantitative estimate of drug-likeness (QED) is 0.554. The maximum absolute atomic E-state index is 12.4. The number of ether oxygens (including phenoxy) is 2. The molecule has 0 bridgehead atoms. The molecule has 4 nitrogen and oxygen atoms in total. The molecule has 1 aromatic carbocycles. The fourth-order valence-electron chi connectivity index (χ4n) is 2.15. The van der Waals surface area contributed by atoms with Crippen LogP contribution >= 0.6 is 15.9 Å². The summed E-state index contributed by atoms with van der Waals surface area (Å²) in [5, 5.41) is 0. The number of carbonyl (C=O) groups is 2. The molecule has 0 radical (unpaired) electrons. The summed E-state index contributed by atoms with van der Waals surface area (Å²) in [5.41, 5.74) is -0.420. The van der Waals surface area contributed by atoms with Gasteiger partial charge >= 0.3 is 11.9 Å². The zero-order chi connectivity index (χ0) is 15.9. The van der Waals surface area contributed by atoms with E-state index in [2.05, 4.69) is 15.9 Å². The van der Waals surface area contributed by atoms with Crippen LogP contribution in [0.4, 0.5) is 0 Å². The van der Waals surface area contributed by atoms with Crippen LogP contribution in [0.3, 0.4) is 0 Å². The molecule has 0 heterocycles. The van der Waals surface area contributed by atoms with E-state index in [1.807, 2.05) is 24.3 Å². The molecule has 116 valence electrons. The third-order valence-corrected chi connectivity index (χ3v) is 4.16. The molecule has 0 unspecified atom stereocenters. The fourth-order valence-corrected chi connectivity index (χ4v) is 2.57. The number of benzene rings is 1. The zero-order valence-electron chi connectivity index (χ0n) is 12.6. The smallest absolute Gasteiger partial charge is 0.323 e. The van der Waals surface area contributed by atoms with Crippen LogP contribution in [0.2, 0.25) is 0 Å². The highest BCUT2D eigenvalue weighted by molar-refractivity contribution is 9.10. The summed E-state index contributed by atoms with van der Waals surface area (Å²) in [7, 11) is 0. The van der Waals surface area contributed by atoms with Gasteiger partial charge < -0.3 is 9.47 Å². The summed E-state index contributed by atoms with van der Waals surface area (Å²) in [6.07, 6.45) is 0.578. The van der Waals surface area contributed by atoms with Gasteiger partial charge in [0.25, 0.3) is 0 Å². The van der Waals surface area contributed by atoms with Crippen LogP contribution in [-0.4, -0.2) is 25.2 Å². The molecule has 5 heteroatoms. The third kappa shape index (κ3) is 4.06. The number of esters is 2.